The van der Waals surface area contributed by atoms with Gasteiger partial charge in [0.2, 0.25) is 0 Å². The standard InChI is InChI=1S/C10H10N2O4/c1-14-8(13)5-15-6-3-2-4-7-9(6)10(11)12-16-7/h2-4H,5H2,1H3,(H2,11,12). The van der Waals surface area contributed by atoms with E-state index in [4.69, 9.17) is 15.0 Å². The van der Waals surface area contributed by atoms with E-state index in [9.17, 15) is 4.79 Å². The molecule has 1 aromatic heterocycles. The average Bonchev–Trinajstić information content (AvgIpc) is 2.69. The van der Waals surface area contributed by atoms with Gasteiger partial charge in [0.15, 0.2) is 18.0 Å². The Morgan fingerprint density at radius 1 is 1.56 bits per heavy atom. The molecule has 0 saturated carbocycles. The summed E-state index contributed by atoms with van der Waals surface area (Å²) in [5, 5.41) is 4.17. The molecule has 0 atom stereocenters. The van der Waals surface area contributed by atoms with E-state index in [1.807, 2.05) is 0 Å². The number of nitrogen functional groups attached to an aromatic ring is 1. The molecular weight excluding hydrogens is 212 g/mol. The highest BCUT2D eigenvalue weighted by Crippen LogP contribution is 2.30. The van der Waals surface area contributed by atoms with Gasteiger partial charge in [-0.15, -0.1) is 0 Å². The fourth-order valence-electron chi connectivity index (χ4n) is 1.30. The van der Waals surface area contributed by atoms with Gasteiger partial charge in [-0.2, -0.15) is 0 Å². The van der Waals surface area contributed by atoms with Crippen LogP contribution >= 0.6 is 0 Å². The second kappa shape index (κ2) is 4.09. The number of benzene rings is 1. The van der Waals surface area contributed by atoms with Gasteiger partial charge >= 0.3 is 5.97 Å². The van der Waals surface area contributed by atoms with Gasteiger partial charge < -0.3 is 19.7 Å². The molecule has 2 rings (SSSR count). The van der Waals surface area contributed by atoms with Gasteiger partial charge in [-0.05, 0) is 12.1 Å². The summed E-state index contributed by atoms with van der Waals surface area (Å²) in [6, 6.07) is 5.11. The Labute approximate surface area is 90.9 Å². The normalized spacial score (nSPS) is 10.3. The first-order chi connectivity index (χ1) is 7.72. The van der Waals surface area contributed by atoms with Gasteiger partial charge in [0.25, 0.3) is 0 Å². The van der Waals surface area contributed by atoms with E-state index >= 15 is 0 Å². The fraction of sp³-hybridized carbons (Fsp3) is 0.200. The van der Waals surface area contributed by atoms with Crippen molar-refractivity contribution in [2.75, 3.05) is 19.5 Å². The molecule has 1 heterocycles. The van der Waals surface area contributed by atoms with E-state index in [1.54, 1.807) is 18.2 Å². The summed E-state index contributed by atoms with van der Waals surface area (Å²) in [5.41, 5.74) is 6.13. The first-order valence-electron chi connectivity index (χ1n) is 4.56. The van der Waals surface area contributed by atoms with Crippen molar-refractivity contribution < 1.29 is 18.8 Å². The van der Waals surface area contributed by atoms with Crippen LogP contribution < -0.4 is 10.5 Å². The zero-order chi connectivity index (χ0) is 11.5. The molecule has 0 unspecified atom stereocenters. The first kappa shape index (κ1) is 10.3. The van der Waals surface area contributed by atoms with Crippen molar-refractivity contribution in [1.29, 1.82) is 0 Å². The number of nitrogens with two attached hydrogens (primary N) is 1. The summed E-state index contributed by atoms with van der Waals surface area (Å²) >= 11 is 0. The molecule has 6 nitrogen and oxygen atoms in total. The molecule has 2 N–H and O–H groups in total. The zero-order valence-electron chi connectivity index (χ0n) is 8.60. The van der Waals surface area contributed by atoms with Crippen molar-refractivity contribution in [2.45, 2.75) is 0 Å². The fourth-order valence-corrected chi connectivity index (χ4v) is 1.30. The Hall–Kier alpha value is -2.24. The SMILES string of the molecule is COC(=O)COc1cccc2onc(N)c12. The van der Waals surface area contributed by atoms with Crippen LogP contribution in [0.2, 0.25) is 0 Å². The molecule has 0 amide bonds. The summed E-state index contributed by atoms with van der Waals surface area (Å²) in [6.45, 7) is -0.180. The van der Waals surface area contributed by atoms with Crippen molar-refractivity contribution in [3.63, 3.8) is 0 Å². The quantitative estimate of drug-likeness (QED) is 0.778. The van der Waals surface area contributed by atoms with Gasteiger partial charge in [0, 0.05) is 0 Å². The van der Waals surface area contributed by atoms with Gasteiger partial charge in [-0.3, -0.25) is 0 Å². The van der Waals surface area contributed by atoms with Crippen LogP contribution in [0.15, 0.2) is 22.7 Å². The van der Waals surface area contributed by atoms with Crippen molar-refractivity contribution >= 4 is 22.8 Å². The van der Waals surface area contributed by atoms with Crippen LogP contribution in [0.3, 0.4) is 0 Å². The number of ether oxygens (including phenoxy) is 2. The molecule has 84 valence electrons. The van der Waals surface area contributed by atoms with Crippen LogP contribution in [0.5, 0.6) is 5.75 Å². The van der Waals surface area contributed by atoms with Crippen LogP contribution in [0.25, 0.3) is 11.0 Å². The molecule has 0 bridgehead atoms. The number of hydrogen-bond acceptors (Lipinski definition) is 6. The molecule has 0 spiro atoms. The maximum Gasteiger partial charge on any atom is 0.343 e. The van der Waals surface area contributed by atoms with Crippen LogP contribution in [-0.2, 0) is 9.53 Å². The Morgan fingerprint density at radius 2 is 2.38 bits per heavy atom. The number of nitrogens with zero attached hydrogens (tertiary/aromatic N) is 1. The molecule has 6 heteroatoms. The Kier molecular flexibility index (Phi) is 2.63. The molecule has 2 aromatic rings. The highest BCUT2D eigenvalue weighted by atomic mass is 16.6. The van der Waals surface area contributed by atoms with Crippen LogP contribution in [-0.4, -0.2) is 24.8 Å². The van der Waals surface area contributed by atoms with Crippen LogP contribution in [0, 0.1) is 0 Å². The Morgan fingerprint density at radius 3 is 3.12 bits per heavy atom. The minimum atomic E-state index is -0.466. The largest absolute Gasteiger partial charge is 0.481 e. The van der Waals surface area contributed by atoms with Crippen LogP contribution in [0.4, 0.5) is 5.82 Å². The molecule has 0 aliphatic rings. The number of methoxy groups -OCH3 is 1. The van der Waals surface area contributed by atoms with Crippen molar-refractivity contribution in [1.82, 2.24) is 5.16 Å². The molecule has 0 aliphatic carbocycles. The van der Waals surface area contributed by atoms with E-state index in [0.717, 1.165) is 0 Å². The predicted octanol–water partition coefficient (Wildman–Crippen LogP) is 0.962. The lowest BCUT2D eigenvalue weighted by molar-refractivity contribution is -0.142. The molecule has 0 radical (unpaired) electrons. The number of rotatable bonds is 3. The summed E-state index contributed by atoms with van der Waals surface area (Å²) in [6.07, 6.45) is 0. The lowest BCUT2D eigenvalue weighted by atomic mass is 10.2. The summed E-state index contributed by atoms with van der Waals surface area (Å²) in [4.78, 5) is 10.9. The highest BCUT2D eigenvalue weighted by molar-refractivity contribution is 5.92. The Bertz CT molecular complexity index is 521. The number of carbonyl (C=O) groups excluding carboxylic acids is 1. The van der Waals surface area contributed by atoms with Gasteiger partial charge in [-0.25, -0.2) is 4.79 Å². The summed E-state index contributed by atoms with van der Waals surface area (Å²) < 4.78 is 14.7. The van der Waals surface area contributed by atoms with Gasteiger partial charge in [0.05, 0.1) is 7.11 Å². The second-order valence-electron chi connectivity index (χ2n) is 3.06. The molecule has 0 saturated heterocycles. The second-order valence-corrected chi connectivity index (χ2v) is 3.06. The lowest BCUT2D eigenvalue weighted by Gasteiger charge is -2.05. The molecule has 0 fully saturated rings. The van der Waals surface area contributed by atoms with E-state index in [2.05, 4.69) is 9.89 Å². The third-order valence-electron chi connectivity index (χ3n) is 2.06. The highest BCUT2D eigenvalue weighted by Gasteiger charge is 2.12. The maximum atomic E-state index is 10.9. The number of aromatic nitrogens is 1. The monoisotopic (exact) mass is 222 g/mol. The average molecular weight is 222 g/mol. The smallest absolute Gasteiger partial charge is 0.343 e. The van der Waals surface area contributed by atoms with Gasteiger partial charge in [-0.1, -0.05) is 11.2 Å². The molecule has 1 aromatic carbocycles. The third-order valence-corrected chi connectivity index (χ3v) is 2.06. The van der Waals surface area contributed by atoms with Crippen molar-refractivity contribution in [3.8, 4) is 5.75 Å². The summed E-state index contributed by atoms with van der Waals surface area (Å²) in [5.74, 6) is 0.212. The van der Waals surface area contributed by atoms with Crippen molar-refractivity contribution in [2.24, 2.45) is 0 Å². The maximum absolute atomic E-state index is 10.9. The third kappa shape index (κ3) is 1.77. The Balaban J connectivity index is 2.29. The minimum Gasteiger partial charge on any atom is -0.481 e. The molecular formula is C10H10N2O4. The first-order valence-corrected chi connectivity index (χ1v) is 4.56. The number of carbonyl (C=O) groups is 1. The lowest BCUT2D eigenvalue weighted by Crippen LogP contribution is -2.12. The molecule has 0 aliphatic heterocycles. The number of hydrogen-bond donors (Lipinski definition) is 1. The molecule has 16 heavy (non-hydrogen) atoms. The minimum absolute atomic E-state index is 0.180. The summed E-state index contributed by atoms with van der Waals surface area (Å²) in [7, 11) is 1.29. The number of esters is 1. The van der Waals surface area contributed by atoms with Crippen LogP contribution in [0.1, 0.15) is 0 Å². The van der Waals surface area contributed by atoms with E-state index in [-0.39, 0.29) is 12.4 Å². The number of fused-ring (bicyclic) bond motifs is 1. The topological polar surface area (TPSA) is 87.6 Å². The van der Waals surface area contributed by atoms with E-state index < -0.39 is 5.97 Å². The zero-order valence-corrected chi connectivity index (χ0v) is 8.60. The van der Waals surface area contributed by atoms with E-state index in [1.165, 1.54) is 7.11 Å². The van der Waals surface area contributed by atoms with Crippen molar-refractivity contribution in [3.05, 3.63) is 18.2 Å². The van der Waals surface area contributed by atoms with Gasteiger partial charge in [0.1, 0.15) is 11.1 Å². The number of anilines is 1. The van der Waals surface area contributed by atoms with E-state index in [0.29, 0.717) is 16.7 Å². The predicted molar refractivity (Wildman–Crippen MR) is 55.9 cm³/mol.